The van der Waals surface area contributed by atoms with Crippen molar-refractivity contribution in [3.8, 4) is 0 Å². The Labute approximate surface area is 176 Å². The Kier molecular flexibility index (Phi) is 10.2. The molecule has 168 valence electrons. The van der Waals surface area contributed by atoms with Crippen molar-refractivity contribution in [1.29, 1.82) is 0 Å². The molecular formula is C21H42N6O2. The molecule has 0 atom stereocenters. The number of carbonyl (C=O) groups excluding carboxylic acids is 1. The third-order valence-electron chi connectivity index (χ3n) is 6.12. The van der Waals surface area contributed by atoms with Gasteiger partial charge in [-0.3, -0.25) is 14.7 Å². The molecule has 29 heavy (non-hydrogen) atoms. The van der Waals surface area contributed by atoms with Crippen LogP contribution in [0.3, 0.4) is 0 Å². The van der Waals surface area contributed by atoms with E-state index in [4.69, 9.17) is 9.73 Å². The lowest BCUT2D eigenvalue weighted by Gasteiger charge is -2.42. The van der Waals surface area contributed by atoms with Gasteiger partial charge in [0.2, 0.25) is 5.91 Å². The summed E-state index contributed by atoms with van der Waals surface area (Å²) in [5, 5.41) is 9.99. The van der Waals surface area contributed by atoms with Crippen LogP contribution in [0, 0.1) is 0 Å². The lowest BCUT2D eigenvalue weighted by Crippen LogP contribution is -2.53. The summed E-state index contributed by atoms with van der Waals surface area (Å²) in [5.41, 5.74) is 0.0792. The predicted molar refractivity (Wildman–Crippen MR) is 118 cm³/mol. The zero-order chi connectivity index (χ0) is 21.1. The normalized spacial score (nSPS) is 21.2. The molecule has 0 aromatic rings. The van der Waals surface area contributed by atoms with Gasteiger partial charge in [-0.1, -0.05) is 6.92 Å². The monoisotopic (exact) mass is 410 g/mol. The van der Waals surface area contributed by atoms with Crippen LogP contribution in [0.15, 0.2) is 4.99 Å². The van der Waals surface area contributed by atoms with Gasteiger partial charge in [-0.25, -0.2) is 0 Å². The maximum absolute atomic E-state index is 11.9. The molecule has 8 nitrogen and oxygen atoms in total. The second-order valence-corrected chi connectivity index (χ2v) is 8.47. The number of likely N-dealkylation sites (N-methyl/N-ethyl adjacent to an activating group) is 1. The number of hydrogen-bond donors (Lipinski definition) is 3. The van der Waals surface area contributed by atoms with Crippen LogP contribution < -0.4 is 16.0 Å². The van der Waals surface area contributed by atoms with E-state index in [9.17, 15) is 4.79 Å². The zero-order valence-corrected chi connectivity index (χ0v) is 18.9. The van der Waals surface area contributed by atoms with Crippen molar-refractivity contribution in [1.82, 2.24) is 25.8 Å². The zero-order valence-electron chi connectivity index (χ0n) is 18.9. The number of nitrogens with zero attached hydrogens (tertiary/aromatic N) is 3. The number of rotatable bonds is 9. The van der Waals surface area contributed by atoms with Crippen LogP contribution in [0.25, 0.3) is 0 Å². The van der Waals surface area contributed by atoms with Gasteiger partial charge < -0.3 is 25.6 Å². The standard InChI is InChI=1S/C21H42N6O2/c1-5-11-23-19(28)16-27-12-7-18(8-13-27)25-20(22-6-2)24-17-21(26(3)4)9-14-29-15-10-21/h18H,5-17H2,1-4H3,(H,23,28)(H2,22,24,25). The van der Waals surface area contributed by atoms with Gasteiger partial charge in [-0.15, -0.1) is 0 Å². The molecule has 3 N–H and O–H groups in total. The summed E-state index contributed by atoms with van der Waals surface area (Å²) in [6.07, 6.45) is 5.06. The van der Waals surface area contributed by atoms with Crippen molar-refractivity contribution in [2.75, 3.05) is 66.6 Å². The minimum atomic E-state index is 0.0792. The first-order valence-corrected chi connectivity index (χ1v) is 11.3. The highest BCUT2D eigenvalue weighted by molar-refractivity contribution is 5.80. The minimum absolute atomic E-state index is 0.0792. The van der Waals surface area contributed by atoms with Crippen molar-refractivity contribution in [3.63, 3.8) is 0 Å². The first kappa shape index (κ1) is 23.9. The van der Waals surface area contributed by atoms with Crippen LogP contribution in [0.2, 0.25) is 0 Å². The minimum Gasteiger partial charge on any atom is -0.381 e. The van der Waals surface area contributed by atoms with Gasteiger partial charge in [0.05, 0.1) is 13.1 Å². The van der Waals surface area contributed by atoms with Crippen LogP contribution in [-0.4, -0.2) is 99.8 Å². The second-order valence-electron chi connectivity index (χ2n) is 8.47. The summed E-state index contributed by atoms with van der Waals surface area (Å²) in [7, 11) is 4.29. The van der Waals surface area contributed by atoms with Gasteiger partial charge in [0, 0.05) is 51.0 Å². The molecule has 1 amide bonds. The van der Waals surface area contributed by atoms with E-state index in [1.807, 2.05) is 0 Å². The average molecular weight is 411 g/mol. The molecular weight excluding hydrogens is 368 g/mol. The Hall–Kier alpha value is -1.38. The van der Waals surface area contributed by atoms with E-state index < -0.39 is 0 Å². The summed E-state index contributed by atoms with van der Waals surface area (Å²) in [4.78, 5) is 21.4. The molecule has 0 aliphatic carbocycles. The number of guanidine groups is 1. The number of carbonyl (C=O) groups is 1. The number of hydrogen-bond acceptors (Lipinski definition) is 5. The molecule has 2 rings (SSSR count). The van der Waals surface area contributed by atoms with Crippen molar-refractivity contribution < 1.29 is 9.53 Å². The predicted octanol–water partition coefficient (Wildman–Crippen LogP) is 0.643. The quantitative estimate of drug-likeness (QED) is 0.382. The molecule has 0 spiro atoms. The molecule has 2 aliphatic heterocycles. The van der Waals surface area contributed by atoms with E-state index in [2.05, 4.69) is 53.7 Å². The Morgan fingerprint density at radius 3 is 2.45 bits per heavy atom. The molecule has 2 fully saturated rings. The lowest BCUT2D eigenvalue weighted by atomic mass is 9.89. The fraction of sp³-hybridized carbons (Fsp3) is 0.905. The molecule has 8 heteroatoms. The first-order chi connectivity index (χ1) is 14.0. The van der Waals surface area contributed by atoms with E-state index in [-0.39, 0.29) is 11.4 Å². The molecule has 0 aromatic heterocycles. The number of likely N-dealkylation sites (tertiary alicyclic amines) is 1. The molecule has 2 heterocycles. The van der Waals surface area contributed by atoms with Crippen LogP contribution in [0.5, 0.6) is 0 Å². The summed E-state index contributed by atoms with van der Waals surface area (Å²) >= 11 is 0. The largest absolute Gasteiger partial charge is 0.381 e. The molecule has 0 saturated carbocycles. The van der Waals surface area contributed by atoms with Gasteiger partial charge in [0.25, 0.3) is 0 Å². The third kappa shape index (κ3) is 7.75. The molecule has 2 saturated heterocycles. The van der Waals surface area contributed by atoms with E-state index in [1.165, 1.54) is 0 Å². The highest BCUT2D eigenvalue weighted by Crippen LogP contribution is 2.26. The van der Waals surface area contributed by atoms with E-state index in [0.29, 0.717) is 12.6 Å². The van der Waals surface area contributed by atoms with Gasteiger partial charge in [0.1, 0.15) is 0 Å². The maximum Gasteiger partial charge on any atom is 0.234 e. The highest BCUT2D eigenvalue weighted by atomic mass is 16.5. The lowest BCUT2D eigenvalue weighted by molar-refractivity contribution is -0.122. The van der Waals surface area contributed by atoms with Crippen LogP contribution >= 0.6 is 0 Å². The average Bonchev–Trinajstić information content (AvgIpc) is 2.72. The fourth-order valence-electron chi connectivity index (χ4n) is 4.00. The summed E-state index contributed by atoms with van der Waals surface area (Å²) in [5.74, 6) is 1.04. The second kappa shape index (κ2) is 12.3. The Bertz CT molecular complexity index is 511. The van der Waals surface area contributed by atoms with Crippen LogP contribution in [-0.2, 0) is 9.53 Å². The molecule has 0 unspecified atom stereocenters. The number of aliphatic imine (C=N–C) groups is 1. The Morgan fingerprint density at radius 2 is 1.86 bits per heavy atom. The molecule has 0 aromatic carbocycles. The SMILES string of the molecule is CCCNC(=O)CN1CCC(NC(=NCC2(N(C)C)CCOCC2)NCC)CC1. The summed E-state index contributed by atoms with van der Waals surface area (Å²) in [6.45, 7) is 10.6. The smallest absolute Gasteiger partial charge is 0.234 e. The van der Waals surface area contributed by atoms with Crippen molar-refractivity contribution in [2.24, 2.45) is 4.99 Å². The van der Waals surface area contributed by atoms with E-state index in [1.54, 1.807) is 0 Å². The van der Waals surface area contributed by atoms with Crippen LogP contribution in [0.4, 0.5) is 0 Å². The third-order valence-corrected chi connectivity index (χ3v) is 6.12. The Morgan fingerprint density at radius 1 is 1.17 bits per heavy atom. The van der Waals surface area contributed by atoms with Crippen molar-refractivity contribution in [2.45, 2.75) is 57.5 Å². The summed E-state index contributed by atoms with van der Waals surface area (Å²) < 4.78 is 5.57. The first-order valence-electron chi connectivity index (χ1n) is 11.3. The summed E-state index contributed by atoms with van der Waals surface area (Å²) in [6, 6.07) is 0.396. The molecule has 0 radical (unpaired) electrons. The Balaban J connectivity index is 1.84. The highest BCUT2D eigenvalue weighted by Gasteiger charge is 2.34. The van der Waals surface area contributed by atoms with Gasteiger partial charge in [0.15, 0.2) is 5.96 Å². The van der Waals surface area contributed by atoms with Gasteiger partial charge in [-0.05, 0) is 53.1 Å². The van der Waals surface area contributed by atoms with E-state index in [0.717, 1.165) is 84.0 Å². The topological polar surface area (TPSA) is 81.2 Å². The number of amides is 1. The van der Waals surface area contributed by atoms with Gasteiger partial charge >= 0.3 is 0 Å². The number of nitrogens with one attached hydrogen (secondary N) is 3. The number of piperidine rings is 1. The number of ether oxygens (including phenoxy) is 1. The van der Waals surface area contributed by atoms with Gasteiger partial charge in [-0.2, -0.15) is 0 Å². The fourth-order valence-corrected chi connectivity index (χ4v) is 4.00. The van der Waals surface area contributed by atoms with Crippen molar-refractivity contribution in [3.05, 3.63) is 0 Å². The van der Waals surface area contributed by atoms with Crippen molar-refractivity contribution >= 4 is 11.9 Å². The van der Waals surface area contributed by atoms with E-state index >= 15 is 0 Å². The van der Waals surface area contributed by atoms with Crippen LogP contribution in [0.1, 0.15) is 46.0 Å². The molecule has 0 bridgehead atoms. The molecule has 2 aliphatic rings. The maximum atomic E-state index is 11.9.